The maximum Gasteiger partial charge on any atom is 0.247 e. The molecule has 1 fully saturated rings. The van der Waals surface area contributed by atoms with Crippen LogP contribution in [0.3, 0.4) is 0 Å². The van der Waals surface area contributed by atoms with Gasteiger partial charge in [-0.2, -0.15) is 10.5 Å². The van der Waals surface area contributed by atoms with E-state index in [4.69, 9.17) is 5.73 Å². The first-order valence-electron chi connectivity index (χ1n) is 9.32. The van der Waals surface area contributed by atoms with E-state index >= 15 is 0 Å². The zero-order valence-electron chi connectivity index (χ0n) is 16.1. The van der Waals surface area contributed by atoms with Crippen LogP contribution in [0.4, 0.5) is 11.5 Å². The SMILES string of the molecule is N#Cc1c(N)nc(S[C@@H]2CC(=O)N(c3ccccc3)C2=O)c(C#N)c1-c1ccccc1. The van der Waals surface area contributed by atoms with Gasteiger partial charge in [0.15, 0.2) is 0 Å². The van der Waals surface area contributed by atoms with Crippen molar-refractivity contribution in [3.63, 3.8) is 0 Å². The highest BCUT2D eigenvalue weighted by molar-refractivity contribution is 8.00. The number of carbonyl (C=O) groups excluding carboxylic acids is 2. The molecule has 0 aliphatic carbocycles. The van der Waals surface area contributed by atoms with Gasteiger partial charge in [0.05, 0.1) is 16.5 Å². The Morgan fingerprint density at radius 2 is 1.58 bits per heavy atom. The molecule has 2 N–H and O–H groups in total. The van der Waals surface area contributed by atoms with E-state index < -0.39 is 5.25 Å². The molecule has 0 saturated carbocycles. The van der Waals surface area contributed by atoms with Crippen LogP contribution in [0.25, 0.3) is 11.1 Å². The first-order chi connectivity index (χ1) is 15.0. The number of imide groups is 1. The third-order valence-corrected chi connectivity index (χ3v) is 6.02. The summed E-state index contributed by atoms with van der Waals surface area (Å²) >= 11 is 1.02. The summed E-state index contributed by atoms with van der Waals surface area (Å²) in [6, 6.07) is 21.8. The largest absolute Gasteiger partial charge is 0.383 e. The predicted molar refractivity (Wildman–Crippen MR) is 117 cm³/mol. The van der Waals surface area contributed by atoms with Crippen LogP contribution in [0.2, 0.25) is 0 Å². The molecular weight excluding hydrogens is 410 g/mol. The molecule has 2 aromatic carbocycles. The van der Waals surface area contributed by atoms with E-state index in [1.54, 1.807) is 54.6 Å². The number of pyridine rings is 1. The van der Waals surface area contributed by atoms with Gasteiger partial charge in [0, 0.05) is 12.0 Å². The molecule has 150 valence electrons. The first-order valence-corrected chi connectivity index (χ1v) is 10.2. The van der Waals surface area contributed by atoms with Crippen molar-refractivity contribution < 1.29 is 9.59 Å². The Hall–Kier alpha value is -4.14. The second kappa shape index (κ2) is 8.31. The highest BCUT2D eigenvalue weighted by Crippen LogP contribution is 2.39. The van der Waals surface area contributed by atoms with Crippen LogP contribution in [0.5, 0.6) is 0 Å². The molecule has 4 rings (SSSR count). The summed E-state index contributed by atoms with van der Waals surface area (Å²) in [4.78, 5) is 30.9. The van der Waals surface area contributed by atoms with Crippen molar-refractivity contribution in [2.24, 2.45) is 0 Å². The minimum absolute atomic E-state index is 0.0223. The number of nitrogen functional groups attached to an aromatic ring is 1. The van der Waals surface area contributed by atoms with E-state index in [-0.39, 0.29) is 40.2 Å². The van der Waals surface area contributed by atoms with Crippen LogP contribution in [-0.4, -0.2) is 22.0 Å². The van der Waals surface area contributed by atoms with Crippen LogP contribution >= 0.6 is 11.8 Å². The monoisotopic (exact) mass is 425 g/mol. The number of benzene rings is 2. The van der Waals surface area contributed by atoms with E-state index in [0.29, 0.717) is 16.8 Å². The molecular formula is C23H15N5O2S. The zero-order chi connectivity index (χ0) is 22.0. The zero-order valence-corrected chi connectivity index (χ0v) is 17.0. The summed E-state index contributed by atoms with van der Waals surface area (Å²) in [5.41, 5.74) is 7.80. The van der Waals surface area contributed by atoms with Crippen LogP contribution in [-0.2, 0) is 9.59 Å². The molecule has 1 atom stereocenters. The third-order valence-electron chi connectivity index (χ3n) is 4.85. The Labute approximate surface area is 182 Å². The minimum atomic E-state index is -0.747. The van der Waals surface area contributed by atoms with E-state index in [1.807, 2.05) is 12.1 Å². The molecule has 2 heterocycles. The highest BCUT2D eigenvalue weighted by Gasteiger charge is 2.41. The van der Waals surface area contributed by atoms with Crippen LogP contribution in [0.15, 0.2) is 65.7 Å². The minimum Gasteiger partial charge on any atom is -0.383 e. The fourth-order valence-corrected chi connectivity index (χ4v) is 4.57. The predicted octanol–water partition coefficient (Wildman–Crippen LogP) is 3.50. The number of thioether (sulfide) groups is 1. The van der Waals surface area contributed by atoms with Crippen molar-refractivity contribution in [2.75, 3.05) is 10.6 Å². The van der Waals surface area contributed by atoms with Gasteiger partial charge in [-0.3, -0.25) is 9.59 Å². The Balaban J connectivity index is 1.76. The fraction of sp³-hybridized carbons (Fsp3) is 0.0870. The first kappa shape index (κ1) is 20.1. The molecule has 1 saturated heterocycles. The lowest BCUT2D eigenvalue weighted by molar-refractivity contribution is -0.121. The van der Waals surface area contributed by atoms with Gasteiger partial charge < -0.3 is 5.73 Å². The summed E-state index contributed by atoms with van der Waals surface area (Å²) in [6.45, 7) is 0. The number of anilines is 2. The van der Waals surface area contributed by atoms with Gasteiger partial charge in [-0.05, 0) is 17.7 Å². The van der Waals surface area contributed by atoms with Crippen molar-refractivity contribution in [1.29, 1.82) is 10.5 Å². The maximum absolute atomic E-state index is 13.0. The van der Waals surface area contributed by atoms with Gasteiger partial charge in [-0.15, -0.1) is 0 Å². The van der Waals surface area contributed by atoms with E-state index in [2.05, 4.69) is 11.1 Å². The number of aromatic nitrogens is 1. The van der Waals surface area contributed by atoms with Gasteiger partial charge in [0.1, 0.15) is 28.5 Å². The van der Waals surface area contributed by atoms with Gasteiger partial charge in [0.25, 0.3) is 0 Å². The molecule has 0 bridgehead atoms. The van der Waals surface area contributed by atoms with Crippen LogP contribution < -0.4 is 10.6 Å². The number of hydrogen-bond acceptors (Lipinski definition) is 7. The molecule has 2 amide bonds. The molecule has 0 unspecified atom stereocenters. The number of nitrogens with zero attached hydrogens (tertiary/aromatic N) is 4. The number of para-hydroxylation sites is 1. The number of rotatable bonds is 4. The van der Waals surface area contributed by atoms with Gasteiger partial charge >= 0.3 is 0 Å². The molecule has 8 heteroatoms. The summed E-state index contributed by atoms with van der Waals surface area (Å²) in [7, 11) is 0. The Bertz CT molecular complexity index is 1260. The summed E-state index contributed by atoms with van der Waals surface area (Å²) in [6.07, 6.45) is -0.0223. The number of nitriles is 2. The molecule has 7 nitrogen and oxygen atoms in total. The Kier molecular flexibility index (Phi) is 5.40. The number of carbonyl (C=O) groups is 2. The standard InChI is InChI=1S/C23H15N5O2S/c24-12-16-20(14-7-3-1-4-8-14)17(13-25)22(27-21(16)26)31-18-11-19(29)28(23(18)30)15-9-5-2-6-10-15/h1-10,18H,11H2,(H2,26,27)/t18-/m1/s1. The summed E-state index contributed by atoms with van der Waals surface area (Å²) < 4.78 is 0. The van der Waals surface area contributed by atoms with Crippen molar-refractivity contribution in [1.82, 2.24) is 4.98 Å². The smallest absolute Gasteiger partial charge is 0.247 e. The van der Waals surface area contributed by atoms with Gasteiger partial charge in [-0.1, -0.05) is 60.3 Å². The Morgan fingerprint density at radius 1 is 0.968 bits per heavy atom. The highest BCUT2D eigenvalue weighted by atomic mass is 32.2. The number of amides is 2. The molecule has 1 aliphatic heterocycles. The molecule has 31 heavy (non-hydrogen) atoms. The lowest BCUT2D eigenvalue weighted by Gasteiger charge is -2.16. The van der Waals surface area contributed by atoms with E-state index in [9.17, 15) is 20.1 Å². The summed E-state index contributed by atoms with van der Waals surface area (Å²) in [5, 5.41) is 19.0. The van der Waals surface area contributed by atoms with Gasteiger partial charge in [0.2, 0.25) is 11.8 Å². The second-order valence-electron chi connectivity index (χ2n) is 6.73. The average Bonchev–Trinajstić information content (AvgIpc) is 3.07. The molecule has 3 aromatic rings. The van der Waals surface area contributed by atoms with Crippen LogP contribution in [0, 0.1) is 22.7 Å². The fourth-order valence-electron chi connectivity index (χ4n) is 3.46. The van der Waals surface area contributed by atoms with Crippen molar-refractivity contribution in [2.45, 2.75) is 16.7 Å². The number of nitrogens with two attached hydrogens (primary N) is 1. The van der Waals surface area contributed by atoms with Crippen LogP contribution in [0.1, 0.15) is 17.5 Å². The van der Waals surface area contributed by atoms with E-state index in [0.717, 1.165) is 16.7 Å². The normalized spacial score (nSPS) is 15.5. The topological polar surface area (TPSA) is 124 Å². The van der Waals surface area contributed by atoms with Crippen molar-refractivity contribution >= 4 is 35.1 Å². The van der Waals surface area contributed by atoms with Gasteiger partial charge in [-0.25, -0.2) is 9.88 Å². The number of hydrogen-bond donors (Lipinski definition) is 1. The summed E-state index contributed by atoms with van der Waals surface area (Å²) in [5.74, 6) is -0.729. The molecule has 0 spiro atoms. The van der Waals surface area contributed by atoms with E-state index in [1.165, 1.54) is 0 Å². The maximum atomic E-state index is 13.0. The van der Waals surface area contributed by atoms with Crippen molar-refractivity contribution in [3.05, 3.63) is 71.8 Å². The molecule has 0 radical (unpaired) electrons. The molecule has 1 aromatic heterocycles. The third kappa shape index (κ3) is 3.61. The molecule has 1 aliphatic rings. The second-order valence-corrected chi connectivity index (χ2v) is 7.92. The average molecular weight is 425 g/mol. The quantitative estimate of drug-likeness (QED) is 0.634. The van der Waals surface area contributed by atoms with Crippen molar-refractivity contribution in [3.8, 4) is 23.3 Å². The Morgan fingerprint density at radius 3 is 2.19 bits per heavy atom. The lowest BCUT2D eigenvalue weighted by Crippen LogP contribution is -2.31. The lowest BCUT2D eigenvalue weighted by atomic mass is 9.97.